The van der Waals surface area contributed by atoms with Crippen LogP contribution >= 0.6 is 0 Å². The number of carbonyl (C=O) groups is 2. The molecule has 0 radical (unpaired) electrons. The van der Waals surface area contributed by atoms with E-state index in [4.69, 9.17) is 9.47 Å². The lowest BCUT2D eigenvalue weighted by Crippen LogP contribution is -2.49. The zero-order valence-electron chi connectivity index (χ0n) is 15.1. The van der Waals surface area contributed by atoms with Crippen LogP contribution in [0.15, 0.2) is 42.5 Å². The molecule has 0 aliphatic carbocycles. The predicted octanol–water partition coefficient (Wildman–Crippen LogP) is 2.63. The third-order valence-electron chi connectivity index (χ3n) is 4.25. The zero-order chi connectivity index (χ0) is 19.4. The predicted molar refractivity (Wildman–Crippen MR) is 96.9 cm³/mol. The summed E-state index contributed by atoms with van der Waals surface area (Å²) in [5.74, 6) is 0.0631. The van der Waals surface area contributed by atoms with Crippen LogP contribution in [-0.4, -0.2) is 24.6 Å². The quantitative estimate of drug-likeness (QED) is 0.817. The Hall–Kier alpha value is -3.09. The molecule has 6 nitrogen and oxygen atoms in total. The lowest BCUT2D eigenvalue weighted by atomic mass is 10.0. The summed E-state index contributed by atoms with van der Waals surface area (Å²) < 4.78 is 23.6. The van der Waals surface area contributed by atoms with Gasteiger partial charge in [-0.05, 0) is 47.9 Å². The van der Waals surface area contributed by atoms with Crippen LogP contribution in [0.1, 0.15) is 29.8 Å². The van der Waals surface area contributed by atoms with E-state index in [1.165, 1.54) is 24.3 Å². The van der Waals surface area contributed by atoms with E-state index < -0.39 is 17.8 Å². The first-order valence-electron chi connectivity index (χ1n) is 8.66. The van der Waals surface area contributed by atoms with Gasteiger partial charge in [-0.3, -0.25) is 9.59 Å². The van der Waals surface area contributed by atoms with Crippen molar-refractivity contribution in [3.63, 3.8) is 0 Å². The van der Waals surface area contributed by atoms with Crippen molar-refractivity contribution in [2.45, 2.75) is 26.4 Å². The Morgan fingerprint density at radius 3 is 2.48 bits per heavy atom. The van der Waals surface area contributed by atoms with Crippen molar-refractivity contribution in [3.8, 4) is 11.5 Å². The molecule has 2 amide bonds. The number of carbonyl (C=O) groups excluding carboxylic acids is 2. The van der Waals surface area contributed by atoms with Gasteiger partial charge in [-0.2, -0.15) is 0 Å². The average Bonchev–Trinajstić information content (AvgIpc) is 3.12. The summed E-state index contributed by atoms with van der Waals surface area (Å²) in [4.78, 5) is 24.9. The third-order valence-corrected chi connectivity index (χ3v) is 4.25. The maximum Gasteiger partial charge on any atom is 0.251 e. The molecule has 3 rings (SSSR count). The molecule has 0 spiro atoms. The standard InChI is InChI=1S/C20H21FN2O4/c1-12(2)18(23-19(24)14-4-6-15(21)7-5-14)20(25)22-10-13-3-8-16-17(9-13)27-11-26-16/h3-9,12,18H,10-11H2,1-2H3,(H,22,25)(H,23,24). The van der Waals surface area contributed by atoms with Gasteiger partial charge >= 0.3 is 0 Å². The zero-order valence-corrected chi connectivity index (χ0v) is 15.1. The summed E-state index contributed by atoms with van der Waals surface area (Å²) in [7, 11) is 0. The first kappa shape index (κ1) is 18.7. The molecule has 0 saturated carbocycles. The maximum absolute atomic E-state index is 13.0. The molecule has 0 saturated heterocycles. The molecule has 1 atom stereocenters. The van der Waals surface area contributed by atoms with Crippen LogP contribution in [0.3, 0.4) is 0 Å². The molecule has 2 N–H and O–H groups in total. The number of hydrogen-bond acceptors (Lipinski definition) is 4. The molecule has 7 heteroatoms. The van der Waals surface area contributed by atoms with Crippen molar-refractivity contribution >= 4 is 11.8 Å². The molecule has 1 aliphatic heterocycles. The third kappa shape index (κ3) is 4.55. The summed E-state index contributed by atoms with van der Waals surface area (Å²) in [6.45, 7) is 4.17. The first-order valence-corrected chi connectivity index (χ1v) is 8.66. The van der Waals surface area contributed by atoms with E-state index in [0.29, 0.717) is 23.6 Å². The fourth-order valence-corrected chi connectivity index (χ4v) is 2.71. The van der Waals surface area contributed by atoms with Crippen LogP contribution in [0.25, 0.3) is 0 Å². The van der Waals surface area contributed by atoms with Crippen molar-refractivity contribution in [1.82, 2.24) is 10.6 Å². The summed E-state index contributed by atoms with van der Waals surface area (Å²) >= 11 is 0. The molecular weight excluding hydrogens is 351 g/mol. The molecule has 1 heterocycles. The minimum Gasteiger partial charge on any atom is -0.454 e. The number of fused-ring (bicyclic) bond motifs is 1. The van der Waals surface area contributed by atoms with Crippen molar-refractivity contribution < 1.29 is 23.5 Å². The maximum atomic E-state index is 13.0. The summed E-state index contributed by atoms with van der Waals surface area (Å²) in [6, 6.07) is 9.91. The van der Waals surface area contributed by atoms with Gasteiger partial charge in [0.1, 0.15) is 11.9 Å². The largest absolute Gasteiger partial charge is 0.454 e. The van der Waals surface area contributed by atoms with E-state index in [2.05, 4.69) is 10.6 Å². The van der Waals surface area contributed by atoms with Gasteiger partial charge in [0, 0.05) is 12.1 Å². The molecule has 0 aromatic heterocycles. The highest BCUT2D eigenvalue weighted by molar-refractivity contribution is 5.97. The number of halogens is 1. The van der Waals surface area contributed by atoms with E-state index in [-0.39, 0.29) is 18.6 Å². The Kier molecular flexibility index (Phi) is 5.59. The number of benzene rings is 2. The fourth-order valence-electron chi connectivity index (χ4n) is 2.71. The van der Waals surface area contributed by atoms with Crippen molar-refractivity contribution in [2.24, 2.45) is 5.92 Å². The second-order valence-corrected chi connectivity index (χ2v) is 6.61. The number of rotatable bonds is 6. The van der Waals surface area contributed by atoms with Gasteiger partial charge in [0.15, 0.2) is 11.5 Å². The van der Waals surface area contributed by atoms with E-state index in [0.717, 1.165) is 5.56 Å². The summed E-state index contributed by atoms with van der Waals surface area (Å²) in [6.07, 6.45) is 0. The molecular formula is C20H21FN2O4. The SMILES string of the molecule is CC(C)C(NC(=O)c1ccc(F)cc1)C(=O)NCc1ccc2c(c1)OCO2. The Balaban J connectivity index is 1.61. The minimum atomic E-state index is -0.712. The van der Waals surface area contributed by atoms with Gasteiger partial charge < -0.3 is 20.1 Å². The van der Waals surface area contributed by atoms with Crippen molar-refractivity contribution in [3.05, 3.63) is 59.4 Å². The van der Waals surface area contributed by atoms with Crippen LogP contribution in [0.4, 0.5) is 4.39 Å². The van der Waals surface area contributed by atoms with Crippen LogP contribution < -0.4 is 20.1 Å². The molecule has 27 heavy (non-hydrogen) atoms. The Labute approximate surface area is 156 Å². The van der Waals surface area contributed by atoms with Gasteiger partial charge in [-0.1, -0.05) is 19.9 Å². The lowest BCUT2D eigenvalue weighted by Gasteiger charge is -2.22. The van der Waals surface area contributed by atoms with Gasteiger partial charge in [-0.25, -0.2) is 4.39 Å². The summed E-state index contributed by atoms with van der Waals surface area (Å²) in [5.41, 5.74) is 1.16. The smallest absolute Gasteiger partial charge is 0.251 e. The monoisotopic (exact) mass is 372 g/mol. The molecule has 142 valence electrons. The van der Waals surface area contributed by atoms with Gasteiger partial charge in [0.05, 0.1) is 0 Å². The molecule has 2 aromatic carbocycles. The highest BCUT2D eigenvalue weighted by Crippen LogP contribution is 2.32. The van der Waals surface area contributed by atoms with E-state index in [1.807, 2.05) is 26.0 Å². The topological polar surface area (TPSA) is 76.7 Å². The first-order chi connectivity index (χ1) is 12.9. The normalized spacial score (nSPS) is 13.3. The Morgan fingerprint density at radius 1 is 1.07 bits per heavy atom. The number of nitrogens with one attached hydrogen (secondary N) is 2. The lowest BCUT2D eigenvalue weighted by molar-refractivity contribution is -0.124. The fraction of sp³-hybridized carbons (Fsp3) is 0.300. The van der Waals surface area contributed by atoms with Crippen molar-refractivity contribution in [2.75, 3.05) is 6.79 Å². The second kappa shape index (κ2) is 8.07. The molecule has 1 aliphatic rings. The van der Waals surface area contributed by atoms with E-state index in [1.54, 1.807) is 6.07 Å². The van der Waals surface area contributed by atoms with Crippen molar-refractivity contribution in [1.29, 1.82) is 0 Å². The van der Waals surface area contributed by atoms with Crippen LogP contribution in [-0.2, 0) is 11.3 Å². The highest BCUT2D eigenvalue weighted by atomic mass is 19.1. The molecule has 2 aromatic rings. The second-order valence-electron chi connectivity index (χ2n) is 6.61. The minimum absolute atomic E-state index is 0.119. The van der Waals surface area contributed by atoms with Gasteiger partial charge in [0.25, 0.3) is 5.91 Å². The number of ether oxygens (including phenoxy) is 2. The highest BCUT2D eigenvalue weighted by Gasteiger charge is 2.24. The van der Waals surface area contributed by atoms with Gasteiger partial charge in [0.2, 0.25) is 12.7 Å². The molecule has 0 bridgehead atoms. The van der Waals surface area contributed by atoms with Crippen LogP contribution in [0.2, 0.25) is 0 Å². The van der Waals surface area contributed by atoms with Crippen LogP contribution in [0, 0.1) is 11.7 Å². The Bertz CT molecular complexity index is 836. The molecule has 1 unspecified atom stereocenters. The van der Waals surface area contributed by atoms with E-state index >= 15 is 0 Å². The number of hydrogen-bond donors (Lipinski definition) is 2. The summed E-state index contributed by atoms with van der Waals surface area (Å²) in [5, 5.41) is 5.54. The number of amides is 2. The molecule has 0 fully saturated rings. The average molecular weight is 372 g/mol. The van der Waals surface area contributed by atoms with Gasteiger partial charge in [-0.15, -0.1) is 0 Å². The van der Waals surface area contributed by atoms with Crippen LogP contribution in [0.5, 0.6) is 11.5 Å². The van der Waals surface area contributed by atoms with E-state index in [9.17, 15) is 14.0 Å². The Morgan fingerprint density at radius 2 is 1.78 bits per heavy atom.